The Morgan fingerprint density at radius 1 is 0.962 bits per heavy atom. The van der Waals surface area contributed by atoms with E-state index in [0.717, 1.165) is 44.2 Å². The van der Waals surface area contributed by atoms with E-state index >= 15 is 0 Å². The number of nitrogens with one attached hydrogen (secondary N) is 1. The number of anilines is 2. The van der Waals surface area contributed by atoms with Crippen LogP contribution in [-0.2, 0) is 24.2 Å². The van der Waals surface area contributed by atoms with Crippen LogP contribution in [0.1, 0.15) is 90.2 Å². The number of rotatable bonds is 19. The quantitative estimate of drug-likeness (QED) is 0.103. The van der Waals surface area contributed by atoms with E-state index in [-0.39, 0.29) is 28.6 Å². The van der Waals surface area contributed by atoms with E-state index in [4.69, 9.17) is 4.74 Å². The number of Topliss-reactive ketones (excluding diaryl/α,β-unsaturated/α-hetero) is 1. The van der Waals surface area contributed by atoms with Crippen molar-refractivity contribution in [3.8, 4) is 11.5 Å². The van der Waals surface area contributed by atoms with Gasteiger partial charge in [-0.1, -0.05) is 83.2 Å². The average Bonchev–Trinajstić information content (AvgIpc) is 3.22. The molecule has 4 rings (SSSR count). The number of carboxylic acid groups (broad SMARTS) is 1. The van der Waals surface area contributed by atoms with Gasteiger partial charge >= 0.3 is 5.97 Å². The van der Waals surface area contributed by atoms with E-state index in [1.165, 1.54) is 42.1 Å². The molecule has 2 atom stereocenters. The highest BCUT2D eigenvalue weighted by molar-refractivity contribution is 7.98. The zero-order valence-corrected chi connectivity index (χ0v) is 32.2. The first-order valence-electron chi connectivity index (χ1n) is 18.1. The molecule has 0 radical (unpaired) electrons. The molecule has 10 nitrogen and oxygen atoms in total. The topological polar surface area (TPSA) is 150 Å². The second kappa shape index (κ2) is 18.6. The number of para-hydroxylation sites is 1. The first-order valence-corrected chi connectivity index (χ1v) is 21.0. The summed E-state index contributed by atoms with van der Waals surface area (Å²) in [6, 6.07) is 17.8. The van der Waals surface area contributed by atoms with Crippen molar-refractivity contribution in [3.63, 3.8) is 0 Å². The van der Waals surface area contributed by atoms with Crippen molar-refractivity contribution < 1.29 is 37.8 Å². The Morgan fingerprint density at radius 3 is 2.19 bits per heavy atom. The molecular formula is C40H52N2O8S2. The van der Waals surface area contributed by atoms with Gasteiger partial charge in [-0.2, -0.15) is 0 Å². The molecule has 0 saturated carbocycles. The van der Waals surface area contributed by atoms with Gasteiger partial charge in [-0.3, -0.25) is 14.4 Å². The zero-order chi connectivity index (χ0) is 37.9. The molecule has 0 aromatic heterocycles. The van der Waals surface area contributed by atoms with Gasteiger partial charge in [-0.05, 0) is 61.4 Å². The highest BCUT2D eigenvalue weighted by atomic mass is 32.2. The molecule has 0 saturated heterocycles. The number of benzene rings is 3. The van der Waals surface area contributed by atoms with Crippen molar-refractivity contribution in [3.05, 3.63) is 72.3 Å². The van der Waals surface area contributed by atoms with Crippen LogP contribution in [0.25, 0.3) is 0 Å². The van der Waals surface area contributed by atoms with Crippen LogP contribution < -0.4 is 15.0 Å². The highest BCUT2D eigenvalue weighted by Gasteiger charge is 2.42. The number of sulfone groups is 1. The normalized spacial score (nSPS) is 15.9. The molecule has 1 aliphatic rings. The van der Waals surface area contributed by atoms with Crippen molar-refractivity contribution in [2.45, 2.75) is 94.4 Å². The summed E-state index contributed by atoms with van der Waals surface area (Å²) in [6.45, 7) is 6.10. The predicted molar refractivity (Wildman–Crippen MR) is 205 cm³/mol. The summed E-state index contributed by atoms with van der Waals surface area (Å²) in [5, 5.41) is 22.2. The number of aliphatic carboxylic acids is 1. The van der Waals surface area contributed by atoms with Crippen molar-refractivity contribution >= 4 is 50.6 Å². The van der Waals surface area contributed by atoms with Crippen LogP contribution in [0.4, 0.5) is 11.4 Å². The van der Waals surface area contributed by atoms with Gasteiger partial charge in [0.05, 0.1) is 27.1 Å². The number of carbonyl (C=O) groups excluding carboxylic acids is 2. The summed E-state index contributed by atoms with van der Waals surface area (Å²) < 4.78 is 34.9. The molecule has 1 amide bonds. The van der Waals surface area contributed by atoms with Crippen molar-refractivity contribution in [2.75, 3.05) is 30.1 Å². The number of phenols is 1. The second-order valence-electron chi connectivity index (χ2n) is 13.7. The lowest BCUT2D eigenvalue weighted by Crippen LogP contribution is -2.38. The average molecular weight is 753 g/mol. The van der Waals surface area contributed by atoms with Crippen LogP contribution in [-0.4, -0.2) is 61.5 Å². The minimum atomic E-state index is -3.81. The number of aromatic hydroxyl groups is 1. The Labute approximate surface area is 312 Å². The molecule has 282 valence electrons. The summed E-state index contributed by atoms with van der Waals surface area (Å²) in [7, 11) is -3.81. The summed E-state index contributed by atoms with van der Waals surface area (Å²) in [5.74, 6) is -2.93. The summed E-state index contributed by atoms with van der Waals surface area (Å²) in [4.78, 5) is 41.6. The highest BCUT2D eigenvalue weighted by Crippen LogP contribution is 2.47. The number of ether oxygens (including phenoxy) is 1. The number of nitrogens with zero attached hydrogens (tertiary/aromatic N) is 1. The Balaban J connectivity index is 1.68. The van der Waals surface area contributed by atoms with Gasteiger partial charge in [0.15, 0.2) is 22.2 Å². The lowest BCUT2D eigenvalue weighted by molar-refractivity contribution is -0.144. The third-order valence-electron chi connectivity index (χ3n) is 9.70. The molecule has 52 heavy (non-hydrogen) atoms. The summed E-state index contributed by atoms with van der Waals surface area (Å²) in [5.41, 5.74) is 1.38. The van der Waals surface area contributed by atoms with E-state index in [1.54, 1.807) is 0 Å². The number of thioether (sulfide) groups is 1. The lowest BCUT2D eigenvalue weighted by atomic mass is 9.79. The number of hydrogen-bond donors (Lipinski definition) is 3. The minimum absolute atomic E-state index is 0.000659. The predicted octanol–water partition coefficient (Wildman–Crippen LogP) is 8.10. The largest absolute Gasteiger partial charge is 0.508 e. The van der Waals surface area contributed by atoms with Crippen LogP contribution in [0.2, 0.25) is 0 Å². The van der Waals surface area contributed by atoms with Gasteiger partial charge in [0.25, 0.3) is 5.91 Å². The second-order valence-corrected chi connectivity index (χ2v) is 16.5. The molecule has 0 bridgehead atoms. The monoisotopic (exact) mass is 752 g/mol. The van der Waals surface area contributed by atoms with E-state index in [1.807, 2.05) is 49.6 Å². The Hall–Kier alpha value is -4.03. The standard InChI is InChI=1S/C40H52N2O8S2/c1-5-8-20-40(21-9-6-2)26-42(30-14-11-10-12-15-30)32-23-35(51-4)34(24-36(32)52(48,49)27-40)50-25-37(45)41-38(28-16-18-31(43)19-17-28)33(44)22-29(13-7-3)39(46)47/h10-12,14-19,23-24,29,38,43H,5-9,13,20-22,25-27H2,1-4H3,(H,41,45)(H,46,47)/t29-,38?/m1/s1. The maximum absolute atomic E-state index is 14.4. The maximum atomic E-state index is 14.4. The molecule has 3 N–H and O–H groups in total. The number of unbranched alkanes of at least 4 members (excludes halogenated alkanes) is 2. The van der Waals surface area contributed by atoms with Crippen LogP contribution in [0.3, 0.4) is 0 Å². The first-order chi connectivity index (χ1) is 24.9. The van der Waals surface area contributed by atoms with Gasteiger partial charge in [0.1, 0.15) is 17.5 Å². The summed E-state index contributed by atoms with van der Waals surface area (Å²) >= 11 is 1.37. The van der Waals surface area contributed by atoms with Crippen LogP contribution in [0, 0.1) is 11.3 Å². The van der Waals surface area contributed by atoms with Gasteiger partial charge in [0.2, 0.25) is 0 Å². The number of carbonyl (C=O) groups is 3. The Bertz CT molecular complexity index is 1770. The molecule has 3 aromatic rings. The minimum Gasteiger partial charge on any atom is -0.508 e. The molecule has 1 aliphatic heterocycles. The third-order valence-corrected chi connectivity index (χ3v) is 12.4. The zero-order valence-electron chi connectivity index (χ0n) is 30.6. The molecule has 1 heterocycles. The molecule has 1 unspecified atom stereocenters. The fourth-order valence-electron chi connectivity index (χ4n) is 6.96. The van der Waals surface area contributed by atoms with Gasteiger partial charge < -0.3 is 25.2 Å². The van der Waals surface area contributed by atoms with Crippen molar-refractivity contribution in [2.24, 2.45) is 11.3 Å². The molecule has 12 heteroatoms. The number of amides is 1. The number of carboxylic acids is 1. The van der Waals surface area contributed by atoms with Crippen molar-refractivity contribution in [1.82, 2.24) is 5.32 Å². The molecule has 3 aromatic carbocycles. The fourth-order valence-corrected chi connectivity index (χ4v) is 9.63. The number of hydrogen-bond acceptors (Lipinski definition) is 9. The van der Waals surface area contributed by atoms with E-state index in [9.17, 15) is 33.0 Å². The molecule has 0 spiro atoms. The number of phenolic OH excluding ortho intramolecular Hbond substituents is 1. The van der Waals surface area contributed by atoms with Crippen LogP contribution in [0.15, 0.2) is 76.5 Å². The maximum Gasteiger partial charge on any atom is 0.306 e. The smallest absolute Gasteiger partial charge is 0.306 e. The molecule has 0 fully saturated rings. The Morgan fingerprint density at radius 2 is 1.62 bits per heavy atom. The van der Waals surface area contributed by atoms with E-state index in [0.29, 0.717) is 35.5 Å². The van der Waals surface area contributed by atoms with Crippen LogP contribution >= 0.6 is 11.8 Å². The summed E-state index contributed by atoms with van der Waals surface area (Å²) in [6.07, 6.45) is 7.77. The molecule has 0 aliphatic carbocycles. The molecular weight excluding hydrogens is 701 g/mol. The lowest BCUT2D eigenvalue weighted by Gasteiger charge is -2.37. The van der Waals surface area contributed by atoms with Crippen molar-refractivity contribution in [1.29, 1.82) is 0 Å². The van der Waals surface area contributed by atoms with E-state index < -0.39 is 51.5 Å². The Kier molecular flexibility index (Phi) is 14.6. The van der Waals surface area contributed by atoms with Crippen LogP contribution in [0.5, 0.6) is 11.5 Å². The van der Waals surface area contributed by atoms with Gasteiger partial charge in [0, 0.05) is 30.1 Å². The fraction of sp³-hybridized carbons (Fsp3) is 0.475. The van der Waals surface area contributed by atoms with E-state index in [2.05, 4.69) is 24.1 Å². The first kappa shape index (κ1) is 40.7. The third kappa shape index (κ3) is 10.3. The van der Waals surface area contributed by atoms with Gasteiger partial charge in [-0.25, -0.2) is 8.42 Å². The van der Waals surface area contributed by atoms with Gasteiger partial charge in [-0.15, -0.1) is 11.8 Å². The SMILES string of the molecule is CCCCC1(CCCC)CN(c2ccccc2)c2cc(SC)c(OCC(=O)NC(C(=O)C[C@@H](CCC)C(=O)O)c3ccc(O)cc3)cc2S(=O)(=O)C1. The number of fused-ring (bicyclic) bond motifs is 1. The number of ketones is 1.